The molecule has 0 unspecified atom stereocenters. The molecule has 15 heavy (non-hydrogen) atoms. The summed E-state index contributed by atoms with van der Waals surface area (Å²) in [6.45, 7) is 6.98. The quantitative estimate of drug-likeness (QED) is 0.810. The largest absolute Gasteiger partial charge is 0.477 e. The number of aromatic nitrogens is 1. The Hall–Kier alpha value is -1.29. The van der Waals surface area contributed by atoms with Crippen molar-refractivity contribution < 1.29 is 14.6 Å². The van der Waals surface area contributed by atoms with E-state index in [0.717, 1.165) is 0 Å². The van der Waals surface area contributed by atoms with Gasteiger partial charge in [-0.1, -0.05) is 0 Å². The molecule has 0 aliphatic heterocycles. The Bertz CT molecular complexity index is 341. The summed E-state index contributed by atoms with van der Waals surface area (Å²) in [5.74, 6) is -0.910. The standard InChI is InChI=1S/C11H17NO3/c1-4-15-11(2,3)8-12-7-5-6-9(12)10(13)14/h5-7H,4,8H2,1-3H3,(H,13,14). The molecule has 1 aromatic heterocycles. The average molecular weight is 211 g/mol. The molecule has 1 rings (SSSR count). The summed E-state index contributed by atoms with van der Waals surface area (Å²) in [5, 5.41) is 8.92. The van der Waals surface area contributed by atoms with E-state index in [9.17, 15) is 4.79 Å². The number of hydrogen-bond donors (Lipinski definition) is 1. The van der Waals surface area contributed by atoms with Gasteiger partial charge in [-0.15, -0.1) is 0 Å². The van der Waals surface area contributed by atoms with E-state index in [-0.39, 0.29) is 5.60 Å². The number of carboxylic acids is 1. The predicted molar refractivity (Wildman–Crippen MR) is 57.1 cm³/mol. The van der Waals surface area contributed by atoms with Crippen LogP contribution in [0.2, 0.25) is 0 Å². The third-order valence-electron chi connectivity index (χ3n) is 2.13. The average Bonchev–Trinajstić information content (AvgIpc) is 2.50. The van der Waals surface area contributed by atoms with Crippen molar-refractivity contribution in [2.75, 3.05) is 6.61 Å². The second kappa shape index (κ2) is 4.49. The maximum absolute atomic E-state index is 10.9. The fraction of sp³-hybridized carbons (Fsp3) is 0.545. The van der Waals surface area contributed by atoms with Gasteiger partial charge in [0.25, 0.3) is 0 Å². The Balaban J connectivity index is 2.80. The van der Waals surface area contributed by atoms with Gasteiger partial charge in [0.1, 0.15) is 5.69 Å². The van der Waals surface area contributed by atoms with E-state index in [2.05, 4.69) is 0 Å². The topological polar surface area (TPSA) is 51.5 Å². The highest BCUT2D eigenvalue weighted by atomic mass is 16.5. The number of carbonyl (C=O) groups is 1. The number of ether oxygens (including phenoxy) is 1. The van der Waals surface area contributed by atoms with Crippen LogP contribution in [0.5, 0.6) is 0 Å². The van der Waals surface area contributed by atoms with Gasteiger partial charge in [0, 0.05) is 12.8 Å². The molecule has 0 saturated carbocycles. The molecule has 0 saturated heterocycles. The third kappa shape index (κ3) is 3.09. The first-order chi connectivity index (χ1) is 6.96. The Morgan fingerprint density at radius 3 is 2.80 bits per heavy atom. The van der Waals surface area contributed by atoms with E-state index in [1.807, 2.05) is 20.8 Å². The van der Waals surface area contributed by atoms with Crippen LogP contribution in [-0.4, -0.2) is 27.9 Å². The molecular formula is C11H17NO3. The van der Waals surface area contributed by atoms with Gasteiger partial charge in [0.15, 0.2) is 0 Å². The Morgan fingerprint density at radius 2 is 2.27 bits per heavy atom. The Labute approximate surface area is 89.5 Å². The molecule has 0 aromatic carbocycles. The molecule has 0 bridgehead atoms. The summed E-state index contributed by atoms with van der Waals surface area (Å²) in [7, 11) is 0. The van der Waals surface area contributed by atoms with E-state index < -0.39 is 5.97 Å². The minimum absolute atomic E-state index is 0.294. The van der Waals surface area contributed by atoms with Crippen LogP contribution in [0.15, 0.2) is 18.3 Å². The first-order valence-corrected chi connectivity index (χ1v) is 4.98. The summed E-state index contributed by atoms with van der Waals surface area (Å²) in [4.78, 5) is 10.9. The molecule has 4 nitrogen and oxygen atoms in total. The minimum atomic E-state index is -0.910. The summed E-state index contributed by atoms with van der Waals surface area (Å²) in [5.41, 5.74) is -0.0550. The smallest absolute Gasteiger partial charge is 0.352 e. The normalized spacial score (nSPS) is 11.7. The van der Waals surface area contributed by atoms with E-state index in [1.54, 1.807) is 22.9 Å². The van der Waals surface area contributed by atoms with Crippen LogP contribution in [0, 0.1) is 0 Å². The Kier molecular flexibility index (Phi) is 3.52. The van der Waals surface area contributed by atoms with Crippen molar-refractivity contribution in [2.45, 2.75) is 32.9 Å². The van der Waals surface area contributed by atoms with Crippen LogP contribution in [0.1, 0.15) is 31.3 Å². The van der Waals surface area contributed by atoms with Gasteiger partial charge in [0.2, 0.25) is 0 Å². The molecule has 1 aromatic rings. The predicted octanol–water partition coefficient (Wildman–Crippen LogP) is 2.00. The molecular weight excluding hydrogens is 194 g/mol. The second-order valence-electron chi connectivity index (χ2n) is 4.02. The first-order valence-electron chi connectivity index (χ1n) is 4.98. The third-order valence-corrected chi connectivity index (χ3v) is 2.13. The van der Waals surface area contributed by atoms with Crippen molar-refractivity contribution >= 4 is 5.97 Å². The van der Waals surface area contributed by atoms with E-state index in [1.165, 1.54) is 0 Å². The highest BCUT2D eigenvalue weighted by molar-refractivity contribution is 5.85. The molecule has 1 heterocycles. The van der Waals surface area contributed by atoms with Crippen LogP contribution in [0.3, 0.4) is 0 Å². The second-order valence-corrected chi connectivity index (χ2v) is 4.02. The summed E-state index contributed by atoms with van der Waals surface area (Å²) < 4.78 is 7.22. The molecule has 84 valence electrons. The zero-order chi connectivity index (χ0) is 11.5. The molecule has 0 aliphatic rings. The molecule has 0 radical (unpaired) electrons. The van der Waals surface area contributed by atoms with Crippen molar-refractivity contribution in [3.63, 3.8) is 0 Å². The highest BCUT2D eigenvalue weighted by Gasteiger charge is 2.20. The number of rotatable bonds is 5. The van der Waals surface area contributed by atoms with Crippen LogP contribution < -0.4 is 0 Å². The summed E-state index contributed by atoms with van der Waals surface area (Å²) in [6, 6.07) is 3.32. The number of aromatic carboxylic acids is 1. The van der Waals surface area contributed by atoms with Crippen LogP contribution in [0.25, 0.3) is 0 Å². The van der Waals surface area contributed by atoms with Crippen LogP contribution in [-0.2, 0) is 11.3 Å². The van der Waals surface area contributed by atoms with Crippen LogP contribution >= 0.6 is 0 Å². The summed E-state index contributed by atoms with van der Waals surface area (Å²) in [6.07, 6.45) is 1.75. The van der Waals surface area contributed by atoms with Crippen molar-refractivity contribution in [2.24, 2.45) is 0 Å². The van der Waals surface area contributed by atoms with Gasteiger partial charge in [-0.2, -0.15) is 0 Å². The minimum Gasteiger partial charge on any atom is -0.477 e. The van der Waals surface area contributed by atoms with Gasteiger partial charge in [-0.25, -0.2) is 4.79 Å². The van der Waals surface area contributed by atoms with Gasteiger partial charge < -0.3 is 14.4 Å². The first kappa shape index (κ1) is 11.8. The van der Waals surface area contributed by atoms with Crippen LogP contribution in [0.4, 0.5) is 0 Å². The molecule has 0 spiro atoms. The fourth-order valence-electron chi connectivity index (χ4n) is 1.59. The zero-order valence-electron chi connectivity index (χ0n) is 9.36. The fourth-order valence-corrected chi connectivity index (χ4v) is 1.59. The lowest BCUT2D eigenvalue weighted by atomic mass is 10.1. The number of hydrogen-bond acceptors (Lipinski definition) is 2. The molecule has 0 fully saturated rings. The molecule has 0 amide bonds. The maximum atomic E-state index is 10.9. The van der Waals surface area contributed by atoms with Crippen molar-refractivity contribution in [3.8, 4) is 0 Å². The molecule has 0 atom stereocenters. The monoisotopic (exact) mass is 211 g/mol. The molecule has 4 heteroatoms. The molecule has 0 aliphatic carbocycles. The van der Waals surface area contributed by atoms with Crippen molar-refractivity contribution in [3.05, 3.63) is 24.0 Å². The van der Waals surface area contributed by atoms with Crippen molar-refractivity contribution in [1.82, 2.24) is 4.57 Å². The number of carboxylic acid groups (broad SMARTS) is 1. The van der Waals surface area contributed by atoms with Crippen molar-refractivity contribution in [1.29, 1.82) is 0 Å². The lowest BCUT2D eigenvalue weighted by molar-refractivity contribution is -0.0227. The highest BCUT2D eigenvalue weighted by Crippen LogP contribution is 2.14. The van der Waals surface area contributed by atoms with E-state index >= 15 is 0 Å². The van der Waals surface area contributed by atoms with E-state index in [4.69, 9.17) is 9.84 Å². The zero-order valence-corrected chi connectivity index (χ0v) is 9.36. The van der Waals surface area contributed by atoms with Gasteiger partial charge in [-0.05, 0) is 32.9 Å². The van der Waals surface area contributed by atoms with Gasteiger partial charge in [0.05, 0.1) is 12.1 Å². The van der Waals surface area contributed by atoms with E-state index in [0.29, 0.717) is 18.8 Å². The number of nitrogens with zero attached hydrogens (tertiary/aromatic N) is 1. The lowest BCUT2D eigenvalue weighted by Crippen LogP contribution is -2.31. The maximum Gasteiger partial charge on any atom is 0.352 e. The van der Waals surface area contributed by atoms with Gasteiger partial charge >= 0.3 is 5.97 Å². The van der Waals surface area contributed by atoms with Gasteiger partial charge in [-0.3, -0.25) is 0 Å². The Morgan fingerprint density at radius 1 is 1.60 bits per heavy atom. The molecule has 1 N–H and O–H groups in total. The summed E-state index contributed by atoms with van der Waals surface area (Å²) >= 11 is 0. The lowest BCUT2D eigenvalue weighted by Gasteiger charge is -2.25. The SMILES string of the molecule is CCOC(C)(C)Cn1cccc1C(=O)O.